The van der Waals surface area contributed by atoms with E-state index in [9.17, 15) is 0 Å². The van der Waals surface area contributed by atoms with E-state index in [-0.39, 0.29) is 24.0 Å². The summed E-state index contributed by atoms with van der Waals surface area (Å²) in [5.74, 6) is 1.47. The van der Waals surface area contributed by atoms with E-state index in [1.807, 2.05) is 25.3 Å². The number of allylic oxidation sites excluding steroid dienone is 1. The molecule has 0 saturated carbocycles. The third-order valence-electron chi connectivity index (χ3n) is 3.29. The Morgan fingerprint density at radius 2 is 2.25 bits per heavy atom. The summed E-state index contributed by atoms with van der Waals surface area (Å²) < 4.78 is 10.6. The lowest BCUT2D eigenvalue weighted by molar-refractivity contribution is 0.143. The number of halogens is 1. The Kier molecular flexibility index (Phi) is 13.2. The number of aromatic nitrogens is 1. The van der Waals surface area contributed by atoms with Crippen LogP contribution in [-0.4, -0.2) is 56.8 Å². The van der Waals surface area contributed by atoms with Gasteiger partial charge in [0.05, 0.1) is 6.61 Å². The van der Waals surface area contributed by atoms with Crippen molar-refractivity contribution >= 4 is 29.9 Å². The zero-order chi connectivity index (χ0) is 16.9. The Morgan fingerprint density at radius 3 is 2.92 bits per heavy atom. The highest BCUT2D eigenvalue weighted by Crippen LogP contribution is 2.14. The van der Waals surface area contributed by atoms with Crippen LogP contribution >= 0.6 is 24.0 Å². The Hall–Kier alpha value is -1.35. The first-order chi connectivity index (χ1) is 11.2. The topological polar surface area (TPSA) is 59.0 Å². The molecule has 1 rings (SSSR count). The third-order valence-corrected chi connectivity index (χ3v) is 3.29. The predicted octanol–water partition coefficient (Wildman–Crippen LogP) is 2.70. The molecule has 0 amide bonds. The number of methoxy groups -OCH3 is 1. The van der Waals surface area contributed by atoms with Crippen molar-refractivity contribution in [2.24, 2.45) is 4.99 Å². The molecule has 136 valence electrons. The van der Waals surface area contributed by atoms with E-state index in [2.05, 4.69) is 26.8 Å². The van der Waals surface area contributed by atoms with Crippen LogP contribution in [0.25, 0.3) is 0 Å². The number of rotatable bonds is 10. The van der Waals surface area contributed by atoms with Gasteiger partial charge in [-0.25, -0.2) is 4.98 Å². The Balaban J connectivity index is 0.00000529. The van der Waals surface area contributed by atoms with Gasteiger partial charge in [0.1, 0.15) is 6.61 Å². The molecule has 0 fully saturated rings. The van der Waals surface area contributed by atoms with Gasteiger partial charge in [-0.3, -0.25) is 4.99 Å². The molecule has 0 aliphatic carbocycles. The number of hydrogen-bond acceptors (Lipinski definition) is 4. The van der Waals surface area contributed by atoms with Gasteiger partial charge in [0, 0.05) is 46.1 Å². The van der Waals surface area contributed by atoms with Crippen molar-refractivity contribution in [2.45, 2.75) is 19.4 Å². The third kappa shape index (κ3) is 8.49. The minimum absolute atomic E-state index is 0. The molecule has 6 nitrogen and oxygen atoms in total. The fourth-order valence-corrected chi connectivity index (χ4v) is 2.05. The van der Waals surface area contributed by atoms with Gasteiger partial charge in [-0.2, -0.15) is 0 Å². The van der Waals surface area contributed by atoms with Gasteiger partial charge in [-0.05, 0) is 18.9 Å². The summed E-state index contributed by atoms with van der Waals surface area (Å²) in [5, 5.41) is 3.34. The molecule has 1 aromatic heterocycles. The fourth-order valence-electron chi connectivity index (χ4n) is 2.05. The van der Waals surface area contributed by atoms with Crippen LogP contribution in [0.1, 0.15) is 18.4 Å². The molecular weight excluding hydrogens is 419 g/mol. The molecule has 0 aliphatic heterocycles. The molecule has 0 atom stereocenters. The average molecular weight is 448 g/mol. The molecular formula is C17H29IN4O2. The molecule has 1 heterocycles. The van der Waals surface area contributed by atoms with Gasteiger partial charge < -0.3 is 19.7 Å². The van der Waals surface area contributed by atoms with Gasteiger partial charge >= 0.3 is 0 Å². The molecule has 1 N–H and O–H groups in total. The highest BCUT2D eigenvalue weighted by Gasteiger charge is 2.08. The van der Waals surface area contributed by atoms with Crippen molar-refractivity contribution in [3.05, 3.63) is 36.5 Å². The summed E-state index contributed by atoms with van der Waals surface area (Å²) in [7, 11) is 5.46. The lowest BCUT2D eigenvalue weighted by Gasteiger charge is -2.22. The number of nitrogens with one attached hydrogen (secondary N) is 1. The van der Waals surface area contributed by atoms with E-state index >= 15 is 0 Å². The second kappa shape index (κ2) is 14.0. The molecule has 7 heteroatoms. The summed E-state index contributed by atoms with van der Waals surface area (Å²) in [4.78, 5) is 10.7. The Morgan fingerprint density at radius 1 is 1.46 bits per heavy atom. The van der Waals surface area contributed by atoms with Gasteiger partial charge in [-0.15, -0.1) is 30.6 Å². The Labute approximate surface area is 162 Å². The summed E-state index contributed by atoms with van der Waals surface area (Å²) >= 11 is 0. The van der Waals surface area contributed by atoms with Crippen molar-refractivity contribution < 1.29 is 9.47 Å². The normalized spacial score (nSPS) is 10.7. The van der Waals surface area contributed by atoms with E-state index < -0.39 is 0 Å². The lowest BCUT2D eigenvalue weighted by atomic mass is 10.2. The maximum atomic E-state index is 5.64. The monoisotopic (exact) mass is 448 g/mol. The summed E-state index contributed by atoms with van der Waals surface area (Å²) in [5.41, 5.74) is 0.990. The van der Waals surface area contributed by atoms with Crippen LogP contribution in [0.2, 0.25) is 0 Å². The molecule has 0 bridgehead atoms. The van der Waals surface area contributed by atoms with Crippen LogP contribution in [0, 0.1) is 0 Å². The van der Waals surface area contributed by atoms with E-state index in [0.29, 0.717) is 25.6 Å². The quantitative estimate of drug-likeness (QED) is 0.196. The van der Waals surface area contributed by atoms with Gasteiger partial charge in [0.25, 0.3) is 0 Å². The van der Waals surface area contributed by atoms with Crippen molar-refractivity contribution in [2.75, 3.05) is 41.0 Å². The van der Waals surface area contributed by atoms with Crippen molar-refractivity contribution in [3.8, 4) is 5.88 Å². The average Bonchev–Trinajstić information content (AvgIpc) is 2.57. The molecule has 0 spiro atoms. The molecule has 24 heavy (non-hydrogen) atoms. The summed E-state index contributed by atoms with van der Waals surface area (Å²) in [6, 6.07) is 3.89. The second-order valence-corrected chi connectivity index (χ2v) is 5.06. The number of pyridine rings is 1. The maximum Gasteiger partial charge on any atom is 0.218 e. The summed E-state index contributed by atoms with van der Waals surface area (Å²) in [6.07, 6.45) is 5.71. The van der Waals surface area contributed by atoms with Gasteiger partial charge in [0.15, 0.2) is 5.96 Å². The second-order valence-electron chi connectivity index (χ2n) is 5.06. The largest absolute Gasteiger partial charge is 0.475 e. The van der Waals surface area contributed by atoms with Crippen molar-refractivity contribution in [3.63, 3.8) is 0 Å². The van der Waals surface area contributed by atoms with Crippen LogP contribution in [0.5, 0.6) is 5.88 Å². The number of hydrogen-bond donors (Lipinski definition) is 1. The summed E-state index contributed by atoms with van der Waals surface area (Å²) in [6.45, 7) is 6.30. The number of unbranched alkanes of at least 4 members (excludes halogenated alkanes) is 1. The fraction of sp³-hybridized carbons (Fsp3) is 0.529. The first-order valence-electron chi connectivity index (χ1n) is 7.81. The number of guanidine groups is 1. The zero-order valence-electron chi connectivity index (χ0n) is 14.8. The minimum atomic E-state index is 0. The molecule has 1 aromatic rings. The van der Waals surface area contributed by atoms with Crippen molar-refractivity contribution in [1.29, 1.82) is 0 Å². The highest BCUT2D eigenvalue weighted by molar-refractivity contribution is 14.0. The smallest absolute Gasteiger partial charge is 0.218 e. The Bertz CT molecular complexity index is 497. The minimum Gasteiger partial charge on any atom is -0.475 e. The maximum absolute atomic E-state index is 5.64. The number of ether oxygens (including phenoxy) is 2. The van der Waals surface area contributed by atoms with Gasteiger partial charge in [-0.1, -0.05) is 12.1 Å². The van der Waals surface area contributed by atoms with E-state index in [1.165, 1.54) is 0 Å². The first kappa shape index (κ1) is 22.6. The molecule has 0 unspecified atom stereocenters. The highest BCUT2D eigenvalue weighted by atomic mass is 127. The molecule has 0 aromatic carbocycles. The standard InChI is InChI=1S/C17H28N4O2.HI/c1-5-6-7-11-21(3)17(18-2)20-14-15-9-8-10-19-16(15)23-13-12-22-4;/h5,8-10H,1,6-7,11-14H2,2-4H3,(H,18,20);1H. The lowest BCUT2D eigenvalue weighted by Crippen LogP contribution is -2.39. The first-order valence-corrected chi connectivity index (χ1v) is 7.81. The number of nitrogens with zero attached hydrogens (tertiary/aromatic N) is 3. The van der Waals surface area contributed by atoms with Crippen LogP contribution in [-0.2, 0) is 11.3 Å². The van der Waals surface area contributed by atoms with Crippen LogP contribution < -0.4 is 10.1 Å². The molecule has 0 aliphatic rings. The SMILES string of the molecule is C=CCCCN(C)C(=NC)NCc1cccnc1OCCOC.I. The van der Waals surface area contributed by atoms with Crippen LogP contribution in [0.3, 0.4) is 0 Å². The van der Waals surface area contributed by atoms with E-state index in [4.69, 9.17) is 9.47 Å². The van der Waals surface area contributed by atoms with E-state index in [0.717, 1.165) is 30.9 Å². The zero-order valence-corrected chi connectivity index (χ0v) is 17.2. The molecule has 0 radical (unpaired) electrons. The van der Waals surface area contributed by atoms with Gasteiger partial charge in [0.2, 0.25) is 5.88 Å². The van der Waals surface area contributed by atoms with Crippen LogP contribution in [0.15, 0.2) is 36.0 Å². The molecule has 0 saturated heterocycles. The van der Waals surface area contributed by atoms with E-state index in [1.54, 1.807) is 20.4 Å². The predicted molar refractivity (Wildman–Crippen MR) is 109 cm³/mol. The van der Waals surface area contributed by atoms with Crippen LogP contribution in [0.4, 0.5) is 0 Å². The number of aliphatic imine (C=N–C) groups is 1. The van der Waals surface area contributed by atoms with Crippen molar-refractivity contribution in [1.82, 2.24) is 15.2 Å².